The number of halogens is 1. The van der Waals surface area contributed by atoms with Gasteiger partial charge in [0.25, 0.3) is 5.91 Å². The Labute approximate surface area is 127 Å². The normalized spacial score (nSPS) is 10.1. The van der Waals surface area contributed by atoms with E-state index < -0.39 is 17.7 Å². The number of amides is 1. The van der Waals surface area contributed by atoms with Crippen molar-refractivity contribution < 1.29 is 18.7 Å². The first-order valence-electron chi connectivity index (χ1n) is 6.84. The maximum atomic E-state index is 13.6. The molecule has 2 aromatic rings. The van der Waals surface area contributed by atoms with E-state index in [0.29, 0.717) is 17.7 Å². The van der Waals surface area contributed by atoms with Gasteiger partial charge in [-0.05, 0) is 42.3 Å². The standard InChI is InChI=1S/C17H16FNO3/c1-3-11-10-12(8-9-13(11)17(21)22-2)19-16(20)14-6-4-5-7-15(14)18/h4-10H,3H2,1-2H3,(H,19,20). The van der Waals surface area contributed by atoms with Crippen LogP contribution in [0.1, 0.15) is 33.2 Å². The Hall–Kier alpha value is -2.69. The Balaban J connectivity index is 2.25. The van der Waals surface area contributed by atoms with E-state index in [1.807, 2.05) is 6.92 Å². The van der Waals surface area contributed by atoms with Crippen molar-refractivity contribution in [3.63, 3.8) is 0 Å². The molecule has 0 bridgehead atoms. The first kappa shape index (κ1) is 15.7. The highest BCUT2D eigenvalue weighted by molar-refractivity contribution is 6.04. The molecule has 1 N–H and O–H groups in total. The summed E-state index contributed by atoms with van der Waals surface area (Å²) >= 11 is 0. The summed E-state index contributed by atoms with van der Waals surface area (Å²) in [5.74, 6) is -1.54. The minimum absolute atomic E-state index is 0.0300. The first-order valence-corrected chi connectivity index (χ1v) is 6.84. The molecule has 0 aliphatic carbocycles. The molecule has 0 aliphatic heterocycles. The second-order valence-corrected chi connectivity index (χ2v) is 4.65. The van der Waals surface area contributed by atoms with Crippen molar-refractivity contribution in [3.05, 3.63) is 65.0 Å². The van der Waals surface area contributed by atoms with E-state index in [4.69, 9.17) is 4.74 Å². The van der Waals surface area contributed by atoms with Gasteiger partial charge in [0.05, 0.1) is 18.2 Å². The molecule has 0 heterocycles. The number of benzene rings is 2. The van der Waals surface area contributed by atoms with Crippen LogP contribution in [0.3, 0.4) is 0 Å². The van der Waals surface area contributed by atoms with Crippen molar-refractivity contribution in [2.45, 2.75) is 13.3 Å². The van der Waals surface area contributed by atoms with E-state index in [1.165, 1.54) is 25.3 Å². The number of anilines is 1. The van der Waals surface area contributed by atoms with E-state index in [1.54, 1.807) is 24.3 Å². The molecule has 4 nitrogen and oxygen atoms in total. The monoisotopic (exact) mass is 301 g/mol. The maximum Gasteiger partial charge on any atom is 0.338 e. The van der Waals surface area contributed by atoms with Gasteiger partial charge in [-0.3, -0.25) is 4.79 Å². The SMILES string of the molecule is CCc1cc(NC(=O)c2ccccc2F)ccc1C(=O)OC. The fourth-order valence-corrected chi connectivity index (χ4v) is 2.12. The number of hydrogen-bond donors (Lipinski definition) is 1. The lowest BCUT2D eigenvalue weighted by Gasteiger charge is -2.10. The van der Waals surface area contributed by atoms with Gasteiger partial charge in [0.1, 0.15) is 5.82 Å². The van der Waals surface area contributed by atoms with Crippen LogP contribution >= 0.6 is 0 Å². The van der Waals surface area contributed by atoms with E-state index in [9.17, 15) is 14.0 Å². The smallest absolute Gasteiger partial charge is 0.338 e. The zero-order valence-electron chi connectivity index (χ0n) is 12.4. The van der Waals surface area contributed by atoms with Crippen LogP contribution in [0.2, 0.25) is 0 Å². The van der Waals surface area contributed by atoms with Crippen LogP contribution in [0.5, 0.6) is 0 Å². The van der Waals surface area contributed by atoms with E-state index in [0.717, 1.165) is 5.56 Å². The highest BCUT2D eigenvalue weighted by Crippen LogP contribution is 2.19. The second kappa shape index (κ2) is 6.85. The molecule has 0 aliphatic rings. The summed E-state index contributed by atoms with van der Waals surface area (Å²) in [5, 5.41) is 2.63. The molecule has 114 valence electrons. The number of nitrogens with one attached hydrogen (secondary N) is 1. The molecule has 0 radical (unpaired) electrons. The Kier molecular flexibility index (Phi) is 4.88. The second-order valence-electron chi connectivity index (χ2n) is 4.65. The molecule has 0 aromatic heterocycles. The number of carbonyl (C=O) groups excluding carboxylic acids is 2. The van der Waals surface area contributed by atoms with Crippen LogP contribution in [0.4, 0.5) is 10.1 Å². The molecule has 0 unspecified atom stereocenters. The predicted octanol–water partition coefficient (Wildman–Crippen LogP) is 3.43. The third kappa shape index (κ3) is 3.31. The Morgan fingerprint density at radius 1 is 1.14 bits per heavy atom. The lowest BCUT2D eigenvalue weighted by Crippen LogP contribution is -2.14. The van der Waals surface area contributed by atoms with Crippen molar-refractivity contribution in [2.75, 3.05) is 12.4 Å². The number of hydrogen-bond acceptors (Lipinski definition) is 3. The van der Waals surface area contributed by atoms with Gasteiger partial charge in [-0.25, -0.2) is 9.18 Å². The summed E-state index contributed by atoms with van der Waals surface area (Å²) in [5.41, 5.74) is 1.67. The van der Waals surface area contributed by atoms with Crippen LogP contribution in [-0.2, 0) is 11.2 Å². The number of ether oxygens (including phenoxy) is 1. The molecule has 0 atom stereocenters. The van der Waals surface area contributed by atoms with E-state index in [-0.39, 0.29) is 5.56 Å². The number of methoxy groups -OCH3 is 1. The lowest BCUT2D eigenvalue weighted by molar-refractivity contribution is 0.0599. The van der Waals surface area contributed by atoms with Gasteiger partial charge in [0, 0.05) is 5.69 Å². The van der Waals surface area contributed by atoms with Crippen LogP contribution in [0.15, 0.2) is 42.5 Å². The fraction of sp³-hybridized carbons (Fsp3) is 0.176. The summed E-state index contributed by atoms with van der Waals surface area (Å²) in [7, 11) is 1.32. The third-order valence-corrected chi connectivity index (χ3v) is 3.27. The van der Waals surface area contributed by atoms with Gasteiger partial charge in [0.15, 0.2) is 0 Å². The molecule has 1 amide bonds. The van der Waals surface area contributed by atoms with Crippen molar-refractivity contribution in [3.8, 4) is 0 Å². The third-order valence-electron chi connectivity index (χ3n) is 3.27. The average molecular weight is 301 g/mol. The topological polar surface area (TPSA) is 55.4 Å². The molecule has 0 fully saturated rings. The number of esters is 1. The van der Waals surface area contributed by atoms with Crippen molar-refractivity contribution in [1.82, 2.24) is 0 Å². The minimum atomic E-state index is -0.582. The lowest BCUT2D eigenvalue weighted by atomic mass is 10.0. The van der Waals surface area contributed by atoms with Crippen LogP contribution in [0, 0.1) is 5.82 Å². The maximum absolute atomic E-state index is 13.6. The number of rotatable bonds is 4. The van der Waals surface area contributed by atoms with Gasteiger partial charge < -0.3 is 10.1 Å². The minimum Gasteiger partial charge on any atom is -0.465 e. The molecular formula is C17H16FNO3. The van der Waals surface area contributed by atoms with Crippen LogP contribution in [0.25, 0.3) is 0 Å². The van der Waals surface area contributed by atoms with E-state index in [2.05, 4.69) is 5.32 Å². The largest absolute Gasteiger partial charge is 0.465 e. The van der Waals surface area contributed by atoms with Gasteiger partial charge in [-0.1, -0.05) is 19.1 Å². The summed E-state index contributed by atoms with van der Waals surface area (Å²) in [4.78, 5) is 23.7. The average Bonchev–Trinajstić information content (AvgIpc) is 2.54. The predicted molar refractivity (Wildman–Crippen MR) is 81.5 cm³/mol. The molecule has 0 saturated heterocycles. The fourth-order valence-electron chi connectivity index (χ4n) is 2.12. The highest BCUT2D eigenvalue weighted by Gasteiger charge is 2.14. The molecular weight excluding hydrogens is 285 g/mol. The first-order chi connectivity index (χ1) is 10.6. The zero-order chi connectivity index (χ0) is 16.1. The van der Waals surface area contributed by atoms with Crippen LogP contribution < -0.4 is 5.32 Å². The highest BCUT2D eigenvalue weighted by atomic mass is 19.1. The quantitative estimate of drug-likeness (QED) is 0.880. The van der Waals surface area contributed by atoms with Gasteiger partial charge in [0.2, 0.25) is 0 Å². The molecule has 0 saturated carbocycles. The molecule has 2 rings (SSSR count). The molecule has 0 spiro atoms. The molecule has 22 heavy (non-hydrogen) atoms. The summed E-state index contributed by atoms with van der Waals surface area (Å²) < 4.78 is 18.3. The summed E-state index contributed by atoms with van der Waals surface area (Å²) in [6.45, 7) is 1.89. The molecule has 2 aromatic carbocycles. The Morgan fingerprint density at radius 3 is 2.50 bits per heavy atom. The van der Waals surface area contributed by atoms with Gasteiger partial charge in [-0.15, -0.1) is 0 Å². The Morgan fingerprint density at radius 2 is 1.86 bits per heavy atom. The zero-order valence-corrected chi connectivity index (χ0v) is 12.4. The van der Waals surface area contributed by atoms with Crippen molar-refractivity contribution >= 4 is 17.6 Å². The number of carbonyl (C=O) groups is 2. The van der Waals surface area contributed by atoms with E-state index >= 15 is 0 Å². The van der Waals surface area contributed by atoms with Crippen molar-refractivity contribution in [2.24, 2.45) is 0 Å². The Bertz CT molecular complexity index is 713. The van der Waals surface area contributed by atoms with Gasteiger partial charge >= 0.3 is 5.97 Å². The van der Waals surface area contributed by atoms with Crippen molar-refractivity contribution in [1.29, 1.82) is 0 Å². The summed E-state index contributed by atoms with van der Waals surface area (Å²) in [6, 6.07) is 10.6. The van der Waals surface area contributed by atoms with Gasteiger partial charge in [-0.2, -0.15) is 0 Å². The summed E-state index contributed by atoms with van der Waals surface area (Å²) in [6.07, 6.45) is 0.605. The van der Waals surface area contributed by atoms with Crippen LogP contribution in [-0.4, -0.2) is 19.0 Å². The number of aryl methyl sites for hydroxylation is 1. The molecule has 5 heteroatoms.